The van der Waals surface area contributed by atoms with E-state index in [0.717, 1.165) is 5.56 Å². The first-order chi connectivity index (χ1) is 8.58. The number of halogens is 1. The molecule has 0 unspecified atom stereocenters. The Morgan fingerprint density at radius 1 is 1.39 bits per heavy atom. The first-order valence-electron chi connectivity index (χ1n) is 5.36. The van der Waals surface area contributed by atoms with Gasteiger partial charge in [-0.15, -0.1) is 0 Å². The summed E-state index contributed by atoms with van der Waals surface area (Å²) < 4.78 is 13.6. The molecule has 4 nitrogen and oxygen atoms in total. The van der Waals surface area contributed by atoms with Gasteiger partial charge in [-0.05, 0) is 36.8 Å². The summed E-state index contributed by atoms with van der Waals surface area (Å²) in [6, 6.07) is 7.70. The quantitative estimate of drug-likeness (QED) is 0.853. The molecule has 2 aromatic rings. The zero-order chi connectivity index (χ0) is 13.1. The van der Waals surface area contributed by atoms with Crippen LogP contribution in [0.2, 0.25) is 0 Å². The van der Waals surface area contributed by atoms with E-state index in [4.69, 9.17) is 5.73 Å². The second kappa shape index (κ2) is 4.83. The highest BCUT2D eigenvalue weighted by Crippen LogP contribution is 2.17. The predicted molar refractivity (Wildman–Crippen MR) is 67.7 cm³/mol. The first-order valence-corrected chi connectivity index (χ1v) is 5.36. The van der Waals surface area contributed by atoms with Crippen molar-refractivity contribution in [3.63, 3.8) is 0 Å². The number of amides is 1. The summed E-state index contributed by atoms with van der Waals surface area (Å²) >= 11 is 0. The maximum absolute atomic E-state index is 13.6. The topological polar surface area (TPSA) is 68.0 Å². The summed E-state index contributed by atoms with van der Waals surface area (Å²) in [7, 11) is 0. The second-order valence-electron chi connectivity index (χ2n) is 3.87. The molecule has 2 rings (SSSR count). The monoisotopic (exact) mass is 245 g/mol. The van der Waals surface area contributed by atoms with Gasteiger partial charge in [0, 0.05) is 6.20 Å². The van der Waals surface area contributed by atoms with E-state index >= 15 is 0 Å². The molecule has 1 heterocycles. The Hall–Kier alpha value is -2.43. The number of nitrogens with zero attached hydrogens (tertiary/aromatic N) is 1. The maximum atomic E-state index is 13.6. The van der Waals surface area contributed by atoms with Crippen molar-refractivity contribution in [2.45, 2.75) is 6.92 Å². The zero-order valence-electron chi connectivity index (χ0n) is 9.77. The van der Waals surface area contributed by atoms with E-state index < -0.39 is 11.7 Å². The number of carbonyl (C=O) groups excluding carboxylic acids is 1. The number of pyridine rings is 1. The van der Waals surface area contributed by atoms with Crippen molar-refractivity contribution >= 4 is 17.4 Å². The van der Waals surface area contributed by atoms with Crippen LogP contribution in [0.3, 0.4) is 0 Å². The molecule has 5 heteroatoms. The van der Waals surface area contributed by atoms with Gasteiger partial charge < -0.3 is 11.1 Å². The van der Waals surface area contributed by atoms with Crippen LogP contribution >= 0.6 is 0 Å². The summed E-state index contributed by atoms with van der Waals surface area (Å²) in [6.07, 6.45) is 1.48. The molecule has 1 aromatic heterocycles. The summed E-state index contributed by atoms with van der Waals surface area (Å²) in [4.78, 5) is 15.7. The summed E-state index contributed by atoms with van der Waals surface area (Å²) in [5.41, 5.74) is 6.69. The lowest BCUT2D eigenvalue weighted by molar-refractivity contribution is 0.102. The Labute approximate surface area is 104 Å². The fourth-order valence-electron chi connectivity index (χ4n) is 1.52. The number of aromatic nitrogens is 1. The van der Waals surface area contributed by atoms with Crippen LogP contribution in [0.15, 0.2) is 36.5 Å². The summed E-state index contributed by atoms with van der Waals surface area (Å²) in [6.45, 7) is 1.77. The van der Waals surface area contributed by atoms with E-state index in [2.05, 4.69) is 10.3 Å². The number of hydrogen-bond donors (Lipinski definition) is 2. The number of carbonyl (C=O) groups is 1. The van der Waals surface area contributed by atoms with Crippen LogP contribution in [0.4, 0.5) is 15.9 Å². The van der Waals surface area contributed by atoms with Crippen molar-refractivity contribution in [1.82, 2.24) is 4.98 Å². The lowest BCUT2D eigenvalue weighted by Crippen LogP contribution is -2.15. The molecule has 0 radical (unpaired) electrons. The van der Waals surface area contributed by atoms with Gasteiger partial charge in [0.25, 0.3) is 5.91 Å². The normalized spacial score (nSPS) is 10.1. The third-order valence-electron chi connectivity index (χ3n) is 2.46. The Morgan fingerprint density at radius 3 is 2.83 bits per heavy atom. The molecular weight excluding hydrogens is 233 g/mol. The molecule has 0 saturated heterocycles. The van der Waals surface area contributed by atoms with Gasteiger partial charge in [-0.2, -0.15) is 0 Å². The molecule has 1 amide bonds. The lowest BCUT2D eigenvalue weighted by Gasteiger charge is -2.08. The molecule has 0 aliphatic rings. The Kier molecular flexibility index (Phi) is 3.23. The Balaban J connectivity index is 2.24. The molecule has 0 aliphatic carbocycles. The molecule has 0 fully saturated rings. The van der Waals surface area contributed by atoms with E-state index in [9.17, 15) is 9.18 Å². The Bertz CT molecular complexity index is 599. The minimum atomic E-state index is -0.483. The lowest BCUT2D eigenvalue weighted by atomic mass is 10.2. The van der Waals surface area contributed by atoms with Gasteiger partial charge in [0.15, 0.2) is 0 Å². The number of nitrogens with two attached hydrogens (primary N) is 1. The number of anilines is 2. The minimum Gasteiger partial charge on any atom is -0.383 e. The molecule has 92 valence electrons. The molecule has 0 spiro atoms. The van der Waals surface area contributed by atoms with Crippen molar-refractivity contribution in [3.8, 4) is 0 Å². The summed E-state index contributed by atoms with van der Waals surface area (Å²) in [5, 5.41) is 2.46. The number of hydrogen-bond acceptors (Lipinski definition) is 3. The maximum Gasteiger partial charge on any atom is 0.259 e. The van der Waals surface area contributed by atoms with Crippen LogP contribution in [-0.4, -0.2) is 10.9 Å². The van der Waals surface area contributed by atoms with Crippen LogP contribution in [0.25, 0.3) is 0 Å². The number of aryl methyl sites for hydroxylation is 1. The molecule has 0 atom stereocenters. The van der Waals surface area contributed by atoms with Crippen LogP contribution in [0.1, 0.15) is 15.9 Å². The second-order valence-corrected chi connectivity index (χ2v) is 3.87. The summed E-state index contributed by atoms with van der Waals surface area (Å²) in [5.74, 6) is -0.850. The standard InChI is InChI=1S/C13H12FN3O/c1-8-4-5-11(10(14)7-8)17-13(18)9-3-2-6-16-12(9)15/h2-7H,1H3,(H2,15,16)(H,17,18). The van der Waals surface area contributed by atoms with Crippen molar-refractivity contribution < 1.29 is 9.18 Å². The highest BCUT2D eigenvalue weighted by molar-refractivity contribution is 6.07. The van der Waals surface area contributed by atoms with E-state index in [-0.39, 0.29) is 17.1 Å². The van der Waals surface area contributed by atoms with E-state index in [0.29, 0.717) is 0 Å². The number of rotatable bonds is 2. The number of nitrogen functional groups attached to an aromatic ring is 1. The largest absolute Gasteiger partial charge is 0.383 e. The highest BCUT2D eigenvalue weighted by Gasteiger charge is 2.12. The van der Waals surface area contributed by atoms with Gasteiger partial charge in [0.05, 0.1) is 11.3 Å². The predicted octanol–water partition coefficient (Wildman–Crippen LogP) is 2.36. The van der Waals surface area contributed by atoms with E-state index in [1.165, 1.54) is 24.4 Å². The third kappa shape index (κ3) is 2.45. The fourth-order valence-corrected chi connectivity index (χ4v) is 1.52. The van der Waals surface area contributed by atoms with Gasteiger partial charge in [-0.1, -0.05) is 6.07 Å². The van der Waals surface area contributed by atoms with Crippen molar-refractivity contribution in [3.05, 3.63) is 53.5 Å². The fraction of sp³-hybridized carbons (Fsp3) is 0.0769. The first kappa shape index (κ1) is 12.0. The molecule has 1 aromatic carbocycles. The molecule has 0 saturated carbocycles. The average molecular weight is 245 g/mol. The molecule has 0 aliphatic heterocycles. The van der Waals surface area contributed by atoms with Crippen molar-refractivity contribution in [2.24, 2.45) is 0 Å². The molecule has 18 heavy (non-hydrogen) atoms. The SMILES string of the molecule is Cc1ccc(NC(=O)c2cccnc2N)c(F)c1. The Morgan fingerprint density at radius 2 is 2.17 bits per heavy atom. The van der Waals surface area contributed by atoms with Crippen LogP contribution in [0, 0.1) is 12.7 Å². The minimum absolute atomic E-state index is 0.113. The van der Waals surface area contributed by atoms with Gasteiger partial charge in [0.1, 0.15) is 11.6 Å². The molecular formula is C13H12FN3O. The van der Waals surface area contributed by atoms with Gasteiger partial charge in [0.2, 0.25) is 0 Å². The average Bonchev–Trinajstić information content (AvgIpc) is 2.33. The molecule has 0 bridgehead atoms. The van der Waals surface area contributed by atoms with E-state index in [1.807, 2.05) is 0 Å². The van der Waals surface area contributed by atoms with Gasteiger partial charge >= 0.3 is 0 Å². The van der Waals surface area contributed by atoms with Gasteiger partial charge in [-0.3, -0.25) is 4.79 Å². The smallest absolute Gasteiger partial charge is 0.259 e. The van der Waals surface area contributed by atoms with Crippen LogP contribution < -0.4 is 11.1 Å². The van der Waals surface area contributed by atoms with Gasteiger partial charge in [-0.25, -0.2) is 9.37 Å². The third-order valence-corrected chi connectivity index (χ3v) is 2.46. The zero-order valence-corrected chi connectivity index (χ0v) is 9.77. The van der Waals surface area contributed by atoms with Crippen molar-refractivity contribution in [1.29, 1.82) is 0 Å². The van der Waals surface area contributed by atoms with E-state index in [1.54, 1.807) is 19.1 Å². The number of nitrogens with one attached hydrogen (secondary N) is 1. The van der Waals surface area contributed by atoms with Crippen molar-refractivity contribution in [2.75, 3.05) is 11.1 Å². The van der Waals surface area contributed by atoms with Crippen LogP contribution in [0.5, 0.6) is 0 Å². The molecule has 3 N–H and O–H groups in total. The number of benzene rings is 1. The van der Waals surface area contributed by atoms with Crippen LogP contribution in [-0.2, 0) is 0 Å². The highest BCUT2D eigenvalue weighted by atomic mass is 19.1.